The number of likely N-dealkylation sites (N-methyl/N-ethyl adjacent to an activating group) is 1. The zero-order valence-electron chi connectivity index (χ0n) is 11.6. The molecule has 0 unspecified atom stereocenters. The van der Waals surface area contributed by atoms with Gasteiger partial charge in [0.2, 0.25) is 0 Å². The van der Waals surface area contributed by atoms with E-state index in [-0.39, 0.29) is 0 Å². The minimum Gasteiger partial charge on any atom is -0.492 e. The molecule has 6 nitrogen and oxygen atoms in total. The summed E-state index contributed by atoms with van der Waals surface area (Å²) in [5.74, 6) is -2.73. The topological polar surface area (TPSA) is 87.1 Å². The summed E-state index contributed by atoms with van der Waals surface area (Å²) in [4.78, 5) is 20.3. The minimum absolute atomic E-state index is 0.704. The predicted molar refractivity (Wildman–Crippen MR) is 75.5 cm³/mol. The lowest BCUT2D eigenvalue weighted by Crippen LogP contribution is -2.19. The van der Waals surface area contributed by atoms with Gasteiger partial charge < -0.3 is 19.8 Å². The Bertz CT molecular complexity index is 450. The molecule has 20 heavy (non-hydrogen) atoms. The van der Waals surface area contributed by atoms with Gasteiger partial charge >= 0.3 is 11.9 Å². The number of carbonyl (C=O) groups is 2. The molecular formula is C13H18ClNO5. The summed E-state index contributed by atoms with van der Waals surface area (Å²) in [6, 6.07) is 5.67. The van der Waals surface area contributed by atoms with Gasteiger partial charge in [-0.25, -0.2) is 9.59 Å². The van der Waals surface area contributed by atoms with Crippen molar-refractivity contribution in [3.8, 4) is 5.75 Å². The van der Waals surface area contributed by atoms with Gasteiger partial charge in [-0.05, 0) is 44.8 Å². The van der Waals surface area contributed by atoms with Crippen LogP contribution in [0.4, 0.5) is 0 Å². The molecule has 0 amide bonds. The Kier molecular flexibility index (Phi) is 8.35. The monoisotopic (exact) mass is 303 g/mol. The third kappa shape index (κ3) is 8.34. The fourth-order valence-electron chi connectivity index (χ4n) is 1.11. The highest BCUT2D eigenvalue weighted by Crippen LogP contribution is 2.21. The van der Waals surface area contributed by atoms with Crippen LogP contribution >= 0.6 is 11.6 Å². The van der Waals surface area contributed by atoms with Crippen molar-refractivity contribution in [2.75, 3.05) is 27.2 Å². The standard InChI is InChI=1S/C11H16ClNO.C2H2O4/c1-9-8-10(12)4-5-11(9)14-7-6-13(2)3;3-1(4)2(5)6/h4-5,8H,6-7H2,1-3H3;(H,3,4)(H,5,6). The van der Waals surface area contributed by atoms with E-state index in [1.54, 1.807) is 0 Å². The predicted octanol–water partition coefficient (Wildman–Crippen LogP) is 1.74. The number of nitrogens with zero attached hydrogens (tertiary/aromatic N) is 1. The van der Waals surface area contributed by atoms with Gasteiger partial charge in [0.25, 0.3) is 0 Å². The average Bonchev–Trinajstić information content (AvgIpc) is 2.32. The summed E-state index contributed by atoms with van der Waals surface area (Å²) in [6.45, 7) is 3.62. The zero-order valence-corrected chi connectivity index (χ0v) is 12.3. The molecule has 7 heteroatoms. The molecule has 0 aliphatic carbocycles. The Labute approximate surface area is 122 Å². The highest BCUT2D eigenvalue weighted by molar-refractivity contribution is 6.30. The van der Waals surface area contributed by atoms with Crippen LogP contribution in [0.5, 0.6) is 5.75 Å². The summed E-state index contributed by atoms with van der Waals surface area (Å²) in [6.07, 6.45) is 0. The number of hydrogen-bond donors (Lipinski definition) is 2. The number of rotatable bonds is 4. The van der Waals surface area contributed by atoms with E-state index >= 15 is 0 Å². The fraction of sp³-hybridized carbons (Fsp3) is 0.385. The van der Waals surface area contributed by atoms with Crippen LogP contribution in [0.3, 0.4) is 0 Å². The second-order valence-electron chi connectivity index (χ2n) is 4.17. The van der Waals surface area contributed by atoms with E-state index in [0.29, 0.717) is 6.61 Å². The number of aliphatic carboxylic acids is 2. The van der Waals surface area contributed by atoms with Crippen LogP contribution in [0, 0.1) is 6.92 Å². The molecule has 0 aliphatic rings. The first kappa shape index (κ1) is 18.2. The molecule has 0 fully saturated rings. The molecule has 0 heterocycles. The first-order chi connectivity index (χ1) is 9.23. The molecule has 1 aromatic carbocycles. The van der Waals surface area contributed by atoms with E-state index in [1.165, 1.54) is 0 Å². The van der Waals surface area contributed by atoms with Crippen molar-refractivity contribution in [3.05, 3.63) is 28.8 Å². The van der Waals surface area contributed by atoms with Crippen LogP contribution < -0.4 is 4.74 Å². The summed E-state index contributed by atoms with van der Waals surface area (Å²) >= 11 is 5.84. The van der Waals surface area contributed by atoms with Crippen molar-refractivity contribution in [1.82, 2.24) is 4.90 Å². The van der Waals surface area contributed by atoms with Gasteiger partial charge in [-0.1, -0.05) is 11.6 Å². The summed E-state index contributed by atoms with van der Waals surface area (Å²) in [5.41, 5.74) is 1.08. The maximum absolute atomic E-state index is 9.10. The van der Waals surface area contributed by atoms with Crippen molar-refractivity contribution in [1.29, 1.82) is 0 Å². The van der Waals surface area contributed by atoms with E-state index < -0.39 is 11.9 Å². The highest BCUT2D eigenvalue weighted by Gasteiger charge is 2.04. The largest absolute Gasteiger partial charge is 0.492 e. The van der Waals surface area contributed by atoms with Crippen molar-refractivity contribution in [2.24, 2.45) is 0 Å². The van der Waals surface area contributed by atoms with Crippen molar-refractivity contribution < 1.29 is 24.5 Å². The Morgan fingerprint density at radius 1 is 1.25 bits per heavy atom. The molecule has 0 saturated carbocycles. The van der Waals surface area contributed by atoms with Crippen LogP contribution in [0.25, 0.3) is 0 Å². The quantitative estimate of drug-likeness (QED) is 0.824. The van der Waals surface area contributed by atoms with Crippen molar-refractivity contribution in [2.45, 2.75) is 6.92 Å². The molecule has 0 aliphatic heterocycles. The van der Waals surface area contributed by atoms with E-state index in [0.717, 1.165) is 22.9 Å². The third-order valence-corrected chi connectivity index (χ3v) is 2.35. The molecule has 0 atom stereocenters. The summed E-state index contributed by atoms with van der Waals surface area (Å²) in [5, 5.41) is 15.5. The lowest BCUT2D eigenvalue weighted by Gasteiger charge is -2.12. The lowest BCUT2D eigenvalue weighted by atomic mass is 10.2. The maximum Gasteiger partial charge on any atom is 0.414 e. The molecule has 2 N–H and O–H groups in total. The number of carboxylic acid groups (broad SMARTS) is 2. The van der Waals surface area contributed by atoms with Gasteiger partial charge in [-0.2, -0.15) is 0 Å². The molecular weight excluding hydrogens is 286 g/mol. The fourth-order valence-corrected chi connectivity index (χ4v) is 1.34. The number of hydrogen-bond acceptors (Lipinski definition) is 4. The molecule has 0 spiro atoms. The summed E-state index contributed by atoms with van der Waals surface area (Å²) < 4.78 is 5.60. The van der Waals surface area contributed by atoms with Crippen molar-refractivity contribution >= 4 is 23.5 Å². The lowest BCUT2D eigenvalue weighted by molar-refractivity contribution is -0.159. The molecule has 0 aromatic heterocycles. The molecule has 112 valence electrons. The average molecular weight is 304 g/mol. The minimum atomic E-state index is -1.82. The first-order valence-electron chi connectivity index (χ1n) is 5.74. The second kappa shape index (κ2) is 9.17. The number of carboxylic acids is 2. The van der Waals surface area contributed by atoms with Crippen LogP contribution in [-0.2, 0) is 9.59 Å². The Morgan fingerprint density at radius 3 is 2.20 bits per heavy atom. The normalized spacial score (nSPS) is 9.65. The van der Waals surface area contributed by atoms with Gasteiger partial charge in [0.1, 0.15) is 12.4 Å². The second-order valence-corrected chi connectivity index (χ2v) is 4.61. The van der Waals surface area contributed by atoms with E-state index in [2.05, 4.69) is 4.90 Å². The molecule has 0 bridgehead atoms. The third-order valence-electron chi connectivity index (χ3n) is 2.12. The smallest absolute Gasteiger partial charge is 0.414 e. The molecule has 0 saturated heterocycles. The number of aryl methyl sites for hydroxylation is 1. The van der Waals surface area contributed by atoms with Crippen LogP contribution in [0.2, 0.25) is 5.02 Å². The van der Waals surface area contributed by atoms with E-state index in [9.17, 15) is 0 Å². The Hall–Kier alpha value is -1.79. The van der Waals surface area contributed by atoms with Gasteiger partial charge in [-0.15, -0.1) is 0 Å². The van der Waals surface area contributed by atoms with E-state index in [4.69, 9.17) is 36.1 Å². The summed E-state index contributed by atoms with van der Waals surface area (Å²) in [7, 11) is 4.05. The van der Waals surface area contributed by atoms with Crippen LogP contribution in [0.1, 0.15) is 5.56 Å². The molecule has 1 rings (SSSR count). The van der Waals surface area contributed by atoms with Gasteiger partial charge in [0.15, 0.2) is 0 Å². The SMILES string of the molecule is Cc1cc(Cl)ccc1OCCN(C)C.O=C(O)C(=O)O. The maximum atomic E-state index is 9.10. The highest BCUT2D eigenvalue weighted by atomic mass is 35.5. The first-order valence-corrected chi connectivity index (χ1v) is 6.11. The van der Waals surface area contributed by atoms with Gasteiger partial charge in [-0.3, -0.25) is 0 Å². The Morgan fingerprint density at radius 2 is 1.80 bits per heavy atom. The van der Waals surface area contributed by atoms with Gasteiger partial charge in [0.05, 0.1) is 0 Å². The Balaban J connectivity index is 0.000000511. The number of benzene rings is 1. The van der Waals surface area contributed by atoms with Crippen LogP contribution in [-0.4, -0.2) is 54.3 Å². The van der Waals surface area contributed by atoms with Crippen LogP contribution in [0.15, 0.2) is 18.2 Å². The van der Waals surface area contributed by atoms with Crippen molar-refractivity contribution in [3.63, 3.8) is 0 Å². The number of halogens is 1. The molecule has 1 aromatic rings. The van der Waals surface area contributed by atoms with E-state index in [1.807, 2.05) is 39.2 Å². The zero-order chi connectivity index (χ0) is 15.7. The number of ether oxygens (including phenoxy) is 1. The van der Waals surface area contributed by atoms with Gasteiger partial charge in [0, 0.05) is 11.6 Å². The molecule has 0 radical (unpaired) electrons.